The summed E-state index contributed by atoms with van der Waals surface area (Å²) < 4.78 is 77.8. The average Bonchev–Trinajstić information content (AvgIpc) is 2.82. The molecule has 0 aromatic heterocycles. The number of ether oxygens (including phenoxy) is 2. The Morgan fingerprint density at radius 1 is 0.971 bits per heavy atom. The van der Waals surface area contributed by atoms with Crippen LogP contribution >= 0.6 is 0 Å². The van der Waals surface area contributed by atoms with Crippen molar-refractivity contribution < 1.29 is 35.9 Å². The number of nitrogens with zero attached hydrogens (tertiary/aromatic N) is 1. The Morgan fingerprint density at radius 3 is 2.26 bits per heavy atom. The summed E-state index contributed by atoms with van der Waals surface area (Å²) in [4.78, 5) is 12.8. The third-order valence-corrected chi connectivity index (χ3v) is 6.83. The van der Waals surface area contributed by atoms with Crippen LogP contribution in [0.25, 0.3) is 0 Å². The number of methoxy groups -OCH3 is 2. The molecule has 35 heavy (non-hydrogen) atoms. The molecule has 3 rings (SSSR count). The van der Waals surface area contributed by atoms with Crippen molar-refractivity contribution >= 4 is 27.3 Å². The van der Waals surface area contributed by atoms with Gasteiger partial charge in [-0.2, -0.15) is 13.2 Å². The molecule has 0 heterocycles. The largest absolute Gasteiger partial charge is 0.497 e. The first-order chi connectivity index (χ1) is 16.5. The van der Waals surface area contributed by atoms with Gasteiger partial charge in [0.25, 0.3) is 10.0 Å². The van der Waals surface area contributed by atoms with E-state index < -0.39 is 34.2 Å². The molecule has 11 heteroatoms. The summed E-state index contributed by atoms with van der Waals surface area (Å²) >= 11 is 0. The Hall–Kier alpha value is -3.73. The first kappa shape index (κ1) is 25.9. The summed E-state index contributed by atoms with van der Waals surface area (Å²) in [5.41, 5.74) is -0.367. The number of alkyl halides is 3. The molecule has 0 unspecified atom stereocenters. The molecule has 0 aliphatic carbocycles. The van der Waals surface area contributed by atoms with Crippen LogP contribution in [-0.2, 0) is 21.0 Å². The van der Waals surface area contributed by atoms with Crippen molar-refractivity contribution in [3.05, 3.63) is 77.9 Å². The fraction of sp³-hybridized carbons (Fsp3) is 0.208. The highest BCUT2D eigenvalue weighted by Crippen LogP contribution is 2.34. The number of amides is 1. The van der Waals surface area contributed by atoms with Crippen LogP contribution in [0, 0.1) is 6.92 Å². The number of hydrogen-bond acceptors (Lipinski definition) is 5. The molecule has 3 aromatic carbocycles. The molecule has 0 saturated carbocycles. The van der Waals surface area contributed by atoms with E-state index in [9.17, 15) is 26.4 Å². The number of carbonyl (C=O) groups is 1. The molecular weight excluding hydrogens is 485 g/mol. The van der Waals surface area contributed by atoms with Gasteiger partial charge in [0.2, 0.25) is 5.91 Å². The highest BCUT2D eigenvalue weighted by Gasteiger charge is 2.33. The van der Waals surface area contributed by atoms with Crippen LogP contribution < -0.4 is 19.1 Å². The van der Waals surface area contributed by atoms with E-state index in [0.29, 0.717) is 16.1 Å². The third kappa shape index (κ3) is 6.04. The van der Waals surface area contributed by atoms with E-state index in [0.717, 1.165) is 17.7 Å². The van der Waals surface area contributed by atoms with Gasteiger partial charge in [-0.15, -0.1) is 0 Å². The quantitative estimate of drug-likeness (QED) is 0.470. The van der Waals surface area contributed by atoms with Crippen LogP contribution in [0.4, 0.5) is 24.5 Å². The number of carbonyl (C=O) groups excluding carboxylic acids is 1. The lowest BCUT2D eigenvalue weighted by Gasteiger charge is -2.25. The zero-order valence-electron chi connectivity index (χ0n) is 19.1. The Kier molecular flexibility index (Phi) is 7.59. The predicted octanol–water partition coefficient (Wildman–Crippen LogP) is 4.87. The molecule has 0 saturated heterocycles. The van der Waals surface area contributed by atoms with Crippen molar-refractivity contribution in [2.75, 3.05) is 30.4 Å². The van der Waals surface area contributed by atoms with Gasteiger partial charge in [0.1, 0.15) is 18.0 Å². The van der Waals surface area contributed by atoms with Gasteiger partial charge >= 0.3 is 6.18 Å². The van der Waals surface area contributed by atoms with Crippen molar-refractivity contribution in [2.24, 2.45) is 0 Å². The number of benzene rings is 3. The summed E-state index contributed by atoms with van der Waals surface area (Å²) in [6.07, 6.45) is -4.70. The van der Waals surface area contributed by atoms with Gasteiger partial charge in [-0.25, -0.2) is 8.42 Å². The summed E-state index contributed by atoms with van der Waals surface area (Å²) in [6.45, 7) is 0.966. The maximum absolute atomic E-state index is 13.4. The van der Waals surface area contributed by atoms with Crippen molar-refractivity contribution in [2.45, 2.75) is 18.0 Å². The van der Waals surface area contributed by atoms with E-state index in [-0.39, 0.29) is 22.0 Å². The van der Waals surface area contributed by atoms with Crippen LogP contribution in [0.5, 0.6) is 11.5 Å². The molecule has 0 fully saturated rings. The van der Waals surface area contributed by atoms with Crippen LogP contribution in [0.2, 0.25) is 0 Å². The van der Waals surface area contributed by atoms with Gasteiger partial charge in [0.05, 0.1) is 36.1 Å². The molecule has 0 atom stereocenters. The maximum atomic E-state index is 13.4. The second-order valence-electron chi connectivity index (χ2n) is 7.49. The topological polar surface area (TPSA) is 84.9 Å². The second kappa shape index (κ2) is 10.3. The van der Waals surface area contributed by atoms with Crippen molar-refractivity contribution in [3.63, 3.8) is 0 Å². The monoisotopic (exact) mass is 508 g/mol. The molecule has 1 N–H and O–H groups in total. The van der Waals surface area contributed by atoms with Crippen molar-refractivity contribution in [1.82, 2.24) is 0 Å². The number of anilines is 2. The number of rotatable bonds is 8. The number of nitrogens with one attached hydrogen (secondary N) is 1. The van der Waals surface area contributed by atoms with Crippen LogP contribution in [-0.4, -0.2) is 35.1 Å². The van der Waals surface area contributed by atoms with E-state index in [1.165, 1.54) is 38.5 Å². The van der Waals surface area contributed by atoms with Gasteiger partial charge < -0.3 is 14.8 Å². The minimum atomic E-state index is -4.70. The minimum absolute atomic E-state index is 0.174. The molecule has 3 aromatic rings. The lowest BCUT2D eigenvalue weighted by atomic mass is 10.2. The molecule has 1 amide bonds. The van der Waals surface area contributed by atoms with Crippen molar-refractivity contribution in [1.29, 1.82) is 0 Å². The Balaban J connectivity index is 2.03. The Morgan fingerprint density at radius 2 is 1.66 bits per heavy atom. The summed E-state index contributed by atoms with van der Waals surface area (Å²) in [6, 6.07) is 14.2. The number of aryl methyl sites for hydroxylation is 1. The first-order valence-corrected chi connectivity index (χ1v) is 11.7. The highest BCUT2D eigenvalue weighted by atomic mass is 32.2. The maximum Gasteiger partial charge on any atom is 0.416 e. The zero-order chi connectivity index (χ0) is 25.8. The lowest BCUT2D eigenvalue weighted by Crippen LogP contribution is -2.38. The highest BCUT2D eigenvalue weighted by molar-refractivity contribution is 7.92. The second-order valence-corrected chi connectivity index (χ2v) is 9.35. The lowest BCUT2D eigenvalue weighted by molar-refractivity contribution is -0.137. The van der Waals surface area contributed by atoms with Crippen molar-refractivity contribution in [3.8, 4) is 11.5 Å². The number of halogens is 3. The molecule has 0 bridgehead atoms. The van der Waals surface area contributed by atoms with E-state index >= 15 is 0 Å². The van der Waals surface area contributed by atoms with E-state index in [4.69, 9.17) is 9.47 Å². The van der Waals surface area contributed by atoms with Gasteiger partial charge in [-0.3, -0.25) is 9.10 Å². The van der Waals surface area contributed by atoms with Gasteiger partial charge in [0.15, 0.2) is 0 Å². The standard InChI is InChI=1S/C24H23F3N2O5S/c1-16-7-10-20(11-8-16)35(31,32)29(18-6-4-5-17(13-18)24(25,26)27)15-23(30)28-21-14-19(33-2)9-12-22(21)34-3/h4-14H,15H2,1-3H3,(H,28,30). The molecule has 0 aliphatic heterocycles. The summed E-state index contributed by atoms with van der Waals surface area (Å²) in [5.74, 6) is -0.112. The van der Waals surface area contributed by atoms with Gasteiger partial charge in [0, 0.05) is 6.07 Å². The van der Waals surface area contributed by atoms with E-state index in [2.05, 4.69) is 5.32 Å². The van der Waals surface area contributed by atoms with Crippen LogP contribution in [0.15, 0.2) is 71.6 Å². The van der Waals surface area contributed by atoms with E-state index in [1.807, 2.05) is 0 Å². The SMILES string of the molecule is COc1ccc(OC)c(NC(=O)CN(c2cccc(C(F)(F)F)c2)S(=O)(=O)c2ccc(C)cc2)c1. The third-order valence-electron chi connectivity index (χ3n) is 5.04. The minimum Gasteiger partial charge on any atom is -0.497 e. The van der Waals surface area contributed by atoms with Gasteiger partial charge in [-0.1, -0.05) is 23.8 Å². The van der Waals surface area contributed by atoms with Crippen LogP contribution in [0.1, 0.15) is 11.1 Å². The number of hydrogen-bond donors (Lipinski definition) is 1. The molecule has 7 nitrogen and oxygen atoms in total. The average molecular weight is 509 g/mol. The Labute approximate surface area is 201 Å². The normalized spacial score (nSPS) is 11.6. The Bertz CT molecular complexity index is 1310. The molecule has 186 valence electrons. The molecular formula is C24H23F3N2O5S. The first-order valence-electron chi connectivity index (χ1n) is 10.2. The fourth-order valence-corrected chi connectivity index (χ4v) is 4.63. The molecule has 0 radical (unpaired) electrons. The van der Waals surface area contributed by atoms with Crippen LogP contribution in [0.3, 0.4) is 0 Å². The van der Waals surface area contributed by atoms with E-state index in [1.54, 1.807) is 31.2 Å². The summed E-state index contributed by atoms with van der Waals surface area (Å²) in [7, 11) is -1.59. The molecule has 0 aliphatic rings. The smallest absolute Gasteiger partial charge is 0.416 e. The molecule has 0 spiro atoms. The number of sulfonamides is 1. The fourth-order valence-electron chi connectivity index (χ4n) is 3.22. The summed E-state index contributed by atoms with van der Waals surface area (Å²) in [5, 5.41) is 2.54. The zero-order valence-corrected chi connectivity index (χ0v) is 19.9. The predicted molar refractivity (Wildman–Crippen MR) is 125 cm³/mol. The van der Waals surface area contributed by atoms with Gasteiger partial charge in [-0.05, 0) is 49.4 Å².